The monoisotopic (exact) mass is 247 g/mol. The molecule has 0 heterocycles. The molecule has 1 unspecified atom stereocenters. The summed E-state index contributed by atoms with van der Waals surface area (Å²) in [5.74, 6) is -0.166. The van der Waals surface area contributed by atoms with E-state index in [0.29, 0.717) is 6.61 Å². The molecule has 98 valence electrons. The van der Waals surface area contributed by atoms with Crippen LogP contribution in [0.5, 0.6) is 0 Å². The van der Waals surface area contributed by atoms with E-state index in [1.165, 1.54) is 24.0 Å². The molecule has 1 aliphatic carbocycles. The van der Waals surface area contributed by atoms with Crippen LogP contribution in [-0.4, -0.2) is 31.6 Å². The van der Waals surface area contributed by atoms with Crippen molar-refractivity contribution in [1.29, 1.82) is 0 Å². The quantitative estimate of drug-likeness (QED) is 0.765. The van der Waals surface area contributed by atoms with Gasteiger partial charge in [0.2, 0.25) is 0 Å². The Bertz CT molecular complexity index is 440. The number of fused-ring (bicyclic) bond motifs is 1. The largest absolute Gasteiger partial charge is 0.465 e. The number of rotatable bonds is 4. The van der Waals surface area contributed by atoms with Crippen molar-refractivity contribution in [3.63, 3.8) is 0 Å². The van der Waals surface area contributed by atoms with Crippen LogP contribution in [0.2, 0.25) is 0 Å². The highest BCUT2D eigenvalue weighted by Crippen LogP contribution is 2.27. The number of ether oxygens (including phenoxy) is 1. The maximum absolute atomic E-state index is 12.0. The molecule has 1 aromatic carbocycles. The molecule has 0 radical (unpaired) electrons. The van der Waals surface area contributed by atoms with E-state index < -0.39 is 0 Å². The number of likely N-dealkylation sites (N-methyl/N-ethyl adjacent to an activating group) is 1. The average molecular weight is 247 g/mol. The Morgan fingerprint density at radius 2 is 2.06 bits per heavy atom. The van der Waals surface area contributed by atoms with E-state index >= 15 is 0 Å². The fourth-order valence-corrected chi connectivity index (χ4v) is 2.63. The molecule has 1 atom stereocenters. The number of esters is 1. The first kappa shape index (κ1) is 13.1. The standard InChI is InChI=1S/C15H21NO2/c1-4-18-15(17)14(16(2)3)13-9-8-11-6-5-7-12(11)10-13/h8-10,14H,4-7H2,1-3H3. The molecule has 0 saturated heterocycles. The molecule has 0 amide bonds. The van der Waals surface area contributed by atoms with E-state index in [-0.39, 0.29) is 12.0 Å². The van der Waals surface area contributed by atoms with Crippen molar-refractivity contribution in [2.45, 2.75) is 32.2 Å². The number of nitrogens with zero attached hydrogens (tertiary/aromatic N) is 1. The molecular formula is C15H21NO2. The number of hydrogen-bond acceptors (Lipinski definition) is 3. The summed E-state index contributed by atoms with van der Waals surface area (Å²) in [5, 5.41) is 0. The van der Waals surface area contributed by atoms with Crippen molar-refractivity contribution in [2.75, 3.05) is 20.7 Å². The lowest BCUT2D eigenvalue weighted by molar-refractivity contribution is -0.148. The molecule has 2 rings (SSSR count). The van der Waals surface area contributed by atoms with Crippen molar-refractivity contribution < 1.29 is 9.53 Å². The van der Waals surface area contributed by atoms with Gasteiger partial charge in [-0.15, -0.1) is 0 Å². The zero-order chi connectivity index (χ0) is 13.1. The molecule has 0 aromatic heterocycles. The van der Waals surface area contributed by atoms with E-state index in [1.807, 2.05) is 25.9 Å². The van der Waals surface area contributed by atoms with Crippen LogP contribution >= 0.6 is 0 Å². The first-order valence-electron chi connectivity index (χ1n) is 6.58. The summed E-state index contributed by atoms with van der Waals surface area (Å²) in [6.45, 7) is 2.27. The van der Waals surface area contributed by atoms with E-state index in [4.69, 9.17) is 4.74 Å². The number of carbonyl (C=O) groups excluding carboxylic acids is 1. The lowest BCUT2D eigenvalue weighted by Gasteiger charge is -2.23. The van der Waals surface area contributed by atoms with Gasteiger partial charge in [0, 0.05) is 0 Å². The predicted octanol–water partition coefficient (Wildman–Crippen LogP) is 2.34. The summed E-state index contributed by atoms with van der Waals surface area (Å²) < 4.78 is 5.16. The highest BCUT2D eigenvalue weighted by atomic mass is 16.5. The van der Waals surface area contributed by atoms with Gasteiger partial charge in [0.05, 0.1) is 6.61 Å². The first-order valence-corrected chi connectivity index (χ1v) is 6.58. The fourth-order valence-electron chi connectivity index (χ4n) is 2.63. The second-order valence-electron chi connectivity index (χ2n) is 5.00. The number of benzene rings is 1. The number of aryl methyl sites for hydroxylation is 2. The molecule has 0 saturated carbocycles. The molecule has 0 fully saturated rings. The van der Waals surface area contributed by atoms with Crippen LogP contribution in [0.1, 0.15) is 36.1 Å². The van der Waals surface area contributed by atoms with E-state index in [2.05, 4.69) is 18.2 Å². The van der Waals surface area contributed by atoms with Gasteiger partial charge in [0.1, 0.15) is 6.04 Å². The summed E-state index contributed by atoms with van der Waals surface area (Å²) in [7, 11) is 3.82. The van der Waals surface area contributed by atoms with Gasteiger partial charge in [-0.05, 0) is 57.0 Å². The third kappa shape index (κ3) is 2.56. The minimum atomic E-state index is -0.296. The lowest BCUT2D eigenvalue weighted by atomic mass is 10.0. The Kier molecular flexibility index (Phi) is 4.02. The Hall–Kier alpha value is -1.35. The molecule has 18 heavy (non-hydrogen) atoms. The van der Waals surface area contributed by atoms with Gasteiger partial charge in [0.25, 0.3) is 0 Å². The molecule has 0 spiro atoms. The van der Waals surface area contributed by atoms with E-state index in [1.54, 1.807) is 0 Å². The third-order valence-electron chi connectivity index (χ3n) is 3.46. The lowest BCUT2D eigenvalue weighted by Crippen LogP contribution is -2.29. The van der Waals surface area contributed by atoms with Crippen molar-refractivity contribution in [1.82, 2.24) is 4.90 Å². The molecule has 0 bridgehead atoms. The van der Waals surface area contributed by atoms with Gasteiger partial charge in [-0.25, -0.2) is 4.79 Å². The van der Waals surface area contributed by atoms with Crippen molar-refractivity contribution in [2.24, 2.45) is 0 Å². The maximum atomic E-state index is 12.0. The molecule has 1 aliphatic rings. The van der Waals surface area contributed by atoms with Crippen LogP contribution in [0.25, 0.3) is 0 Å². The molecular weight excluding hydrogens is 226 g/mol. The molecule has 3 heteroatoms. The molecule has 3 nitrogen and oxygen atoms in total. The van der Waals surface area contributed by atoms with Crippen LogP contribution in [-0.2, 0) is 22.4 Å². The van der Waals surface area contributed by atoms with Crippen LogP contribution in [0, 0.1) is 0 Å². The summed E-state index contributed by atoms with van der Waals surface area (Å²) in [4.78, 5) is 13.9. The van der Waals surface area contributed by atoms with Gasteiger partial charge in [-0.1, -0.05) is 18.2 Å². The highest BCUT2D eigenvalue weighted by molar-refractivity contribution is 5.77. The van der Waals surface area contributed by atoms with E-state index in [0.717, 1.165) is 12.0 Å². The number of hydrogen-bond donors (Lipinski definition) is 0. The third-order valence-corrected chi connectivity index (χ3v) is 3.46. The molecule has 0 N–H and O–H groups in total. The first-order chi connectivity index (χ1) is 8.63. The number of carbonyl (C=O) groups is 1. The Balaban J connectivity index is 2.28. The van der Waals surface area contributed by atoms with Crippen LogP contribution in [0.4, 0.5) is 0 Å². The summed E-state index contributed by atoms with van der Waals surface area (Å²) >= 11 is 0. The molecule has 0 aliphatic heterocycles. The van der Waals surface area contributed by atoms with Crippen molar-refractivity contribution >= 4 is 5.97 Å². The average Bonchev–Trinajstić information content (AvgIpc) is 2.76. The second kappa shape index (κ2) is 5.53. The zero-order valence-electron chi connectivity index (χ0n) is 11.4. The van der Waals surface area contributed by atoms with Gasteiger partial charge < -0.3 is 4.74 Å². The van der Waals surface area contributed by atoms with Crippen molar-refractivity contribution in [3.8, 4) is 0 Å². The van der Waals surface area contributed by atoms with Crippen LogP contribution in [0.3, 0.4) is 0 Å². The molecule has 1 aromatic rings. The fraction of sp³-hybridized carbons (Fsp3) is 0.533. The van der Waals surface area contributed by atoms with Gasteiger partial charge in [0.15, 0.2) is 0 Å². The summed E-state index contributed by atoms with van der Waals surface area (Å²) in [6.07, 6.45) is 3.53. The van der Waals surface area contributed by atoms with Crippen LogP contribution in [0.15, 0.2) is 18.2 Å². The Morgan fingerprint density at radius 1 is 1.33 bits per heavy atom. The SMILES string of the molecule is CCOC(=O)C(c1ccc2c(c1)CCC2)N(C)C. The van der Waals surface area contributed by atoms with E-state index in [9.17, 15) is 4.79 Å². The Morgan fingerprint density at radius 3 is 2.72 bits per heavy atom. The van der Waals surface area contributed by atoms with Gasteiger partial charge in [-0.3, -0.25) is 4.90 Å². The highest BCUT2D eigenvalue weighted by Gasteiger charge is 2.25. The van der Waals surface area contributed by atoms with Gasteiger partial charge >= 0.3 is 5.97 Å². The summed E-state index contributed by atoms with van der Waals surface area (Å²) in [5.41, 5.74) is 3.86. The minimum absolute atomic E-state index is 0.166. The second-order valence-corrected chi connectivity index (χ2v) is 5.00. The zero-order valence-corrected chi connectivity index (χ0v) is 11.4. The Labute approximate surface area is 109 Å². The smallest absolute Gasteiger partial charge is 0.327 e. The minimum Gasteiger partial charge on any atom is -0.465 e. The van der Waals surface area contributed by atoms with Gasteiger partial charge in [-0.2, -0.15) is 0 Å². The van der Waals surface area contributed by atoms with Crippen molar-refractivity contribution in [3.05, 3.63) is 34.9 Å². The predicted molar refractivity (Wildman–Crippen MR) is 71.5 cm³/mol. The summed E-state index contributed by atoms with van der Waals surface area (Å²) in [6, 6.07) is 6.10. The topological polar surface area (TPSA) is 29.5 Å². The normalized spacial score (nSPS) is 15.6. The van der Waals surface area contributed by atoms with Crippen LogP contribution < -0.4 is 0 Å². The maximum Gasteiger partial charge on any atom is 0.327 e.